The number of anilines is 1. The van der Waals surface area contributed by atoms with Gasteiger partial charge >= 0.3 is 6.03 Å². The van der Waals surface area contributed by atoms with Gasteiger partial charge in [0, 0.05) is 23.8 Å². The van der Waals surface area contributed by atoms with Crippen molar-refractivity contribution in [2.45, 2.75) is 43.9 Å². The van der Waals surface area contributed by atoms with Crippen LogP contribution in [0.3, 0.4) is 0 Å². The molecule has 2 aliphatic rings. The first-order valence-electron chi connectivity index (χ1n) is 8.37. The molecular formula is C18H21N3OS. The molecule has 2 N–H and O–H groups in total. The number of benzene rings is 1. The van der Waals surface area contributed by atoms with Crippen LogP contribution in [0.15, 0.2) is 29.6 Å². The average Bonchev–Trinajstić information content (AvgIpc) is 3.33. The van der Waals surface area contributed by atoms with Crippen molar-refractivity contribution in [1.82, 2.24) is 10.3 Å². The number of carbonyl (C=O) groups excluding carboxylic acids is 1. The van der Waals surface area contributed by atoms with Gasteiger partial charge in [-0.05, 0) is 43.2 Å². The third-order valence-corrected chi connectivity index (χ3v) is 5.52. The van der Waals surface area contributed by atoms with E-state index in [0.717, 1.165) is 18.5 Å². The van der Waals surface area contributed by atoms with Crippen LogP contribution < -0.4 is 10.6 Å². The van der Waals surface area contributed by atoms with Gasteiger partial charge < -0.3 is 5.32 Å². The molecule has 5 heteroatoms. The Balaban J connectivity index is 1.33. The summed E-state index contributed by atoms with van der Waals surface area (Å²) >= 11 is 1.51. The van der Waals surface area contributed by atoms with Crippen molar-refractivity contribution >= 4 is 22.5 Å². The summed E-state index contributed by atoms with van der Waals surface area (Å²) in [5, 5.41) is 8.64. The molecule has 4 nitrogen and oxygen atoms in total. The van der Waals surface area contributed by atoms with Crippen LogP contribution in [0.25, 0.3) is 0 Å². The highest BCUT2D eigenvalue weighted by molar-refractivity contribution is 7.13. The van der Waals surface area contributed by atoms with Crippen molar-refractivity contribution in [3.05, 3.63) is 46.5 Å². The molecule has 2 amide bonds. The summed E-state index contributed by atoms with van der Waals surface area (Å²) in [6, 6.07) is 8.44. The molecule has 1 unspecified atom stereocenters. The highest BCUT2D eigenvalue weighted by Crippen LogP contribution is 2.40. The van der Waals surface area contributed by atoms with Crippen LogP contribution in [0.2, 0.25) is 0 Å². The third-order valence-electron chi connectivity index (χ3n) is 4.74. The van der Waals surface area contributed by atoms with Gasteiger partial charge in [-0.3, -0.25) is 5.32 Å². The minimum absolute atomic E-state index is 0.148. The molecule has 1 aromatic heterocycles. The Morgan fingerprint density at radius 2 is 2.13 bits per heavy atom. The van der Waals surface area contributed by atoms with E-state index in [1.807, 2.05) is 0 Å². The maximum atomic E-state index is 12.1. The number of nitrogens with one attached hydrogen (secondary N) is 2. The number of hydrogen-bond acceptors (Lipinski definition) is 3. The van der Waals surface area contributed by atoms with Gasteiger partial charge in [0.2, 0.25) is 0 Å². The van der Waals surface area contributed by atoms with E-state index in [9.17, 15) is 4.79 Å². The number of amides is 2. The third kappa shape index (κ3) is 3.39. The number of fused-ring (bicyclic) bond motifs is 1. The Bertz CT molecular complexity index is 708. The topological polar surface area (TPSA) is 54.0 Å². The highest BCUT2D eigenvalue weighted by atomic mass is 32.1. The van der Waals surface area contributed by atoms with Crippen molar-refractivity contribution in [1.29, 1.82) is 0 Å². The summed E-state index contributed by atoms with van der Waals surface area (Å²) in [4.78, 5) is 16.6. The minimum Gasteiger partial charge on any atom is -0.337 e. The molecule has 2 aromatic rings. The lowest BCUT2D eigenvalue weighted by Crippen LogP contribution is -2.33. The van der Waals surface area contributed by atoms with E-state index in [2.05, 4.69) is 45.3 Å². The van der Waals surface area contributed by atoms with Crippen LogP contribution in [0.1, 0.15) is 54.3 Å². The summed E-state index contributed by atoms with van der Waals surface area (Å²) in [7, 11) is 0. The molecule has 0 bridgehead atoms. The molecule has 0 radical (unpaired) electrons. The largest absolute Gasteiger partial charge is 0.337 e. The van der Waals surface area contributed by atoms with Crippen molar-refractivity contribution < 1.29 is 4.79 Å². The van der Waals surface area contributed by atoms with Crippen LogP contribution in [0.5, 0.6) is 0 Å². The number of aromatic nitrogens is 1. The minimum atomic E-state index is -0.148. The molecule has 23 heavy (non-hydrogen) atoms. The molecule has 1 aromatic carbocycles. The molecule has 1 saturated carbocycles. The van der Waals surface area contributed by atoms with Crippen LogP contribution in [-0.2, 0) is 6.42 Å². The predicted octanol–water partition coefficient (Wildman–Crippen LogP) is 4.26. The molecule has 0 aliphatic heterocycles. The maximum Gasteiger partial charge on any atom is 0.321 e. The van der Waals surface area contributed by atoms with Gasteiger partial charge in [-0.2, -0.15) is 0 Å². The standard InChI is InChI=1S/C18H21N3OS/c22-17(21-18-20-16(11-23-18)13-8-9-13)19-10-14-6-3-5-12-4-1-2-7-15(12)14/h1-2,4,7,11,13-14H,3,5-6,8-10H2,(H2,19,20,21,22). The first-order chi connectivity index (χ1) is 11.3. The van der Waals surface area contributed by atoms with Crippen LogP contribution >= 0.6 is 11.3 Å². The van der Waals surface area contributed by atoms with Gasteiger partial charge in [0.05, 0.1) is 5.69 Å². The molecule has 1 fully saturated rings. The molecular weight excluding hydrogens is 306 g/mol. The van der Waals surface area contributed by atoms with E-state index in [0.29, 0.717) is 23.5 Å². The second kappa shape index (κ2) is 6.32. The number of thiazole rings is 1. The summed E-state index contributed by atoms with van der Waals surface area (Å²) in [5.41, 5.74) is 3.95. The van der Waals surface area contributed by atoms with Gasteiger partial charge in [-0.15, -0.1) is 11.3 Å². The summed E-state index contributed by atoms with van der Waals surface area (Å²) in [5.74, 6) is 1.05. The average molecular weight is 327 g/mol. The van der Waals surface area contributed by atoms with E-state index >= 15 is 0 Å². The van der Waals surface area contributed by atoms with E-state index in [4.69, 9.17) is 0 Å². The zero-order valence-corrected chi connectivity index (χ0v) is 13.9. The number of aryl methyl sites for hydroxylation is 1. The number of nitrogens with zero attached hydrogens (tertiary/aromatic N) is 1. The number of rotatable bonds is 4. The van der Waals surface area contributed by atoms with Gasteiger partial charge in [-0.25, -0.2) is 9.78 Å². The fourth-order valence-corrected chi connectivity index (χ4v) is 4.12. The van der Waals surface area contributed by atoms with Gasteiger partial charge in [-0.1, -0.05) is 24.3 Å². The molecule has 2 aliphatic carbocycles. The van der Waals surface area contributed by atoms with Crippen LogP contribution in [-0.4, -0.2) is 17.6 Å². The second-order valence-electron chi connectivity index (χ2n) is 6.47. The van der Waals surface area contributed by atoms with E-state index < -0.39 is 0 Å². The molecule has 120 valence electrons. The quantitative estimate of drug-likeness (QED) is 0.881. The highest BCUT2D eigenvalue weighted by Gasteiger charge is 2.26. The van der Waals surface area contributed by atoms with Crippen molar-refractivity contribution in [2.75, 3.05) is 11.9 Å². The molecule has 4 rings (SSSR count). The SMILES string of the molecule is O=C(NCC1CCCc2ccccc21)Nc1nc(C2CC2)cs1. The fraction of sp³-hybridized carbons (Fsp3) is 0.444. The first-order valence-corrected chi connectivity index (χ1v) is 9.25. The summed E-state index contributed by atoms with van der Waals surface area (Å²) in [6.45, 7) is 0.684. The fourth-order valence-electron chi connectivity index (χ4n) is 3.33. The van der Waals surface area contributed by atoms with Crippen molar-refractivity contribution in [3.63, 3.8) is 0 Å². The van der Waals surface area contributed by atoms with Crippen LogP contribution in [0.4, 0.5) is 9.93 Å². The van der Waals surface area contributed by atoms with E-state index in [1.54, 1.807) is 0 Å². The lowest BCUT2D eigenvalue weighted by molar-refractivity contribution is 0.251. The molecule has 1 heterocycles. The Hall–Kier alpha value is -1.88. The number of urea groups is 1. The lowest BCUT2D eigenvalue weighted by atomic mass is 9.83. The van der Waals surface area contributed by atoms with E-state index in [1.165, 1.54) is 41.7 Å². The van der Waals surface area contributed by atoms with Crippen molar-refractivity contribution in [3.8, 4) is 0 Å². The Labute approximate surface area is 140 Å². The lowest BCUT2D eigenvalue weighted by Gasteiger charge is -2.25. The molecule has 0 spiro atoms. The Morgan fingerprint density at radius 3 is 3.00 bits per heavy atom. The zero-order chi connectivity index (χ0) is 15.6. The van der Waals surface area contributed by atoms with Gasteiger partial charge in [0.15, 0.2) is 5.13 Å². The molecule has 1 atom stereocenters. The predicted molar refractivity (Wildman–Crippen MR) is 93.2 cm³/mol. The Morgan fingerprint density at radius 1 is 1.26 bits per heavy atom. The Kier molecular flexibility index (Phi) is 4.04. The monoisotopic (exact) mass is 327 g/mol. The summed E-state index contributed by atoms with van der Waals surface area (Å²) < 4.78 is 0. The zero-order valence-electron chi connectivity index (χ0n) is 13.0. The smallest absolute Gasteiger partial charge is 0.321 e. The summed E-state index contributed by atoms with van der Waals surface area (Å²) in [6.07, 6.45) is 5.96. The van der Waals surface area contributed by atoms with E-state index in [-0.39, 0.29) is 6.03 Å². The second-order valence-corrected chi connectivity index (χ2v) is 7.33. The normalized spacial score (nSPS) is 19.9. The van der Waals surface area contributed by atoms with Gasteiger partial charge in [0.1, 0.15) is 0 Å². The number of carbonyl (C=O) groups is 1. The first kappa shape index (κ1) is 14.7. The van der Waals surface area contributed by atoms with Crippen LogP contribution in [0, 0.1) is 0 Å². The number of hydrogen-bond donors (Lipinski definition) is 2. The maximum absolute atomic E-state index is 12.1. The molecule has 0 saturated heterocycles. The van der Waals surface area contributed by atoms with Gasteiger partial charge in [0.25, 0.3) is 0 Å². The van der Waals surface area contributed by atoms with Crippen molar-refractivity contribution in [2.24, 2.45) is 0 Å².